The van der Waals surface area contributed by atoms with Crippen molar-refractivity contribution < 1.29 is 23.9 Å². The van der Waals surface area contributed by atoms with E-state index in [0.29, 0.717) is 37.1 Å². The maximum absolute atomic E-state index is 15.5. The van der Waals surface area contributed by atoms with Gasteiger partial charge in [0.15, 0.2) is 11.6 Å². The Labute approximate surface area is 216 Å². The summed E-state index contributed by atoms with van der Waals surface area (Å²) in [6.07, 6.45) is 6.75. The van der Waals surface area contributed by atoms with Crippen LogP contribution in [-0.4, -0.2) is 90.4 Å². The Hall–Kier alpha value is -2.28. The standard InChI is InChI=1S/C23H37ClFN7O4/c1-30(10-11-36-2)14-18-8-5-9-32(18)21-19(25)20(26-23(24)27-21)28-29-22(34)17(13-31(35)15-33)12-16-6-3-4-7-16/h15-18,35H,3-14H2,1-2H3,(H,29,34)(H,26,27,28)/t17-,18+/m1/s1. The molecular formula is C23H37ClFN7O4. The number of hydrogen-bond acceptors (Lipinski definition) is 9. The molecule has 1 saturated heterocycles. The van der Waals surface area contributed by atoms with Gasteiger partial charge in [0.2, 0.25) is 23.4 Å². The fourth-order valence-corrected chi connectivity index (χ4v) is 5.25. The molecule has 1 saturated carbocycles. The van der Waals surface area contributed by atoms with Crippen LogP contribution >= 0.6 is 11.6 Å². The van der Waals surface area contributed by atoms with Gasteiger partial charge in [0.25, 0.3) is 0 Å². The van der Waals surface area contributed by atoms with Crippen molar-refractivity contribution in [3.8, 4) is 0 Å². The van der Waals surface area contributed by atoms with E-state index in [1.807, 2.05) is 11.9 Å². The summed E-state index contributed by atoms with van der Waals surface area (Å²) in [6, 6.07) is 0.0458. The fraction of sp³-hybridized carbons (Fsp3) is 0.739. The highest BCUT2D eigenvalue weighted by atomic mass is 35.5. The van der Waals surface area contributed by atoms with Gasteiger partial charge in [0.1, 0.15) is 0 Å². The third-order valence-corrected chi connectivity index (χ3v) is 7.12. The van der Waals surface area contributed by atoms with Gasteiger partial charge in [-0.2, -0.15) is 14.4 Å². The minimum atomic E-state index is -0.713. The molecule has 1 aliphatic carbocycles. The Bertz CT molecular complexity index is 877. The van der Waals surface area contributed by atoms with Gasteiger partial charge < -0.3 is 14.5 Å². The molecular weight excluding hydrogens is 493 g/mol. The molecule has 11 nitrogen and oxygen atoms in total. The van der Waals surface area contributed by atoms with Gasteiger partial charge in [0.05, 0.1) is 19.1 Å². The molecule has 3 N–H and O–H groups in total. The van der Waals surface area contributed by atoms with E-state index in [1.54, 1.807) is 7.11 Å². The van der Waals surface area contributed by atoms with Gasteiger partial charge in [-0.1, -0.05) is 25.7 Å². The first-order valence-electron chi connectivity index (χ1n) is 12.5. The summed E-state index contributed by atoms with van der Waals surface area (Å²) >= 11 is 6.13. The lowest BCUT2D eigenvalue weighted by Gasteiger charge is -2.30. The minimum Gasteiger partial charge on any atom is -0.383 e. The first-order chi connectivity index (χ1) is 17.3. The predicted molar refractivity (Wildman–Crippen MR) is 133 cm³/mol. The Balaban J connectivity index is 1.69. The van der Waals surface area contributed by atoms with Crippen LogP contribution in [0, 0.1) is 17.7 Å². The Morgan fingerprint density at radius 3 is 2.78 bits per heavy atom. The van der Waals surface area contributed by atoms with Crippen molar-refractivity contribution >= 4 is 35.6 Å². The number of hydrazine groups is 1. The molecule has 0 bridgehead atoms. The maximum Gasteiger partial charge on any atom is 0.243 e. The van der Waals surface area contributed by atoms with Gasteiger partial charge in [-0.05, 0) is 43.8 Å². The first-order valence-corrected chi connectivity index (χ1v) is 12.8. The highest BCUT2D eigenvalue weighted by Crippen LogP contribution is 2.32. The molecule has 36 heavy (non-hydrogen) atoms. The molecule has 0 unspecified atom stereocenters. The number of aromatic nitrogens is 2. The summed E-state index contributed by atoms with van der Waals surface area (Å²) in [5, 5.41) is 9.97. The molecule has 0 spiro atoms. The highest BCUT2D eigenvalue weighted by Gasteiger charge is 2.31. The van der Waals surface area contributed by atoms with Crippen LogP contribution in [0.5, 0.6) is 0 Å². The van der Waals surface area contributed by atoms with E-state index < -0.39 is 17.6 Å². The number of methoxy groups -OCH3 is 1. The second-order valence-electron chi connectivity index (χ2n) is 9.65. The van der Waals surface area contributed by atoms with Crippen molar-refractivity contribution in [2.24, 2.45) is 11.8 Å². The highest BCUT2D eigenvalue weighted by molar-refractivity contribution is 6.28. The van der Waals surface area contributed by atoms with Crippen LogP contribution in [0.1, 0.15) is 44.9 Å². The van der Waals surface area contributed by atoms with Crippen molar-refractivity contribution in [2.45, 2.75) is 51.0 Å². The number of halogens is 2. The topological polar surface area (TPSA) is 123 Å². The SMILES string of the molecule is COCCN(C)C[C@@H]1CCCN1c1nc(Cl)nc(NNC(=O)[C@H](CC2CCCC2)CN(O)C=O)c1F. The number of ether oxygens (including phenoxy) is 1. The van der Waals surface area contributed by atoms with Crippen LogP contribution in [0.2, 0.25) is 5.28 Å². The summed E-state index contributed by atoms with van der Waals surface area (Å²) in [4.78, 5) is 35.9. The summed E-state index contributed by atoms with van der Waals surface area (Å²) in [5.74, 6) is -1.67. The normalized spacial score (nSPS) is 19.1. The largest absolute Gasteiger partial charge is 0.383 e. The van der Waals surface area contributed by atoms with Crippen LogP contribution < -0.4 is 15.8 Å². The molecule has 202 valence electrons. The summed E-state index contributed by atoms with van der Waals surface area (Å²) in [7, 11) is 3.64. The quantitative estimate of drug-likeness (QED) is 0.144. The van der Waals surface area contributed by atoms with Crippen molar-refractivity contribution in [3.05, 3.63) is 11.1 Å². The van der Waals surface area contributed by atoms with E-state index in [1.165, 1.54) is 0 Å². The zero-order valence-electron chi connectivity index (χ0n) is 21.0. The maximum atomic E-state index is 15.5. The van der Waals surface area contributed by atoms with Crippen molar-refractivity contribution in [3.63, 3.8) is 0 Å². The van der Waals surface area contributed by atoms with Crippen molar-refractivity contribution in [1.82, 2.24) is 25.4 Å². The number of nitrogens with zero attached hydrogens (tertiary/aromatic N) is 5. The number of carbonyl (C=O) groups excluding carboxylic acids is 2. The molecule has 2 heterocycles. The summed E-state index contributed by atoms with van der Waals surface area (Å²) < 4.78 is 20.6. The predicted octanol–water partition coefficient (Wildman–Crippen LogP) is 2.30. The van der Waals surface area contributed by atoms with Crippen LogP contribution in [0.3, 0.4) is 0 Å². The smallest absolute Gasteiger partial charge is 0.243 e. The lowest BCUT2D eigenvalue weighted by molar-refractivity contribution is -0.154. The van der Waals surface area contributed by atoms with E-state index in [-0.39, 0.29) is 35.9 Å². The third-order valence-electron chi connectivity index (χ3n) is 6.95. The van der Waals surface area contributed by atoms with Crippen molar-refractivity contribution in [2.75, 3.05) is 57.3 Å². The Morgan fingerprint density at radius 2 is 2.08 bits per heavy atom. The fourth-order valence-electron chi connectivity index (χ4n) is 5.09. The molecule has 13 heteroatoms. The van der Waals surface area contributed by atoms with Crippen LogP contribution in [-0.2, 0) is 14.3 Å². The van der Waals surface area contributed by atoms with Gasteiger partial charge >= 0.3 is 0 Å². The average molecular weight is 530 g/mol. The monoisotopic (exact) mass is 529 g/mol. The number of carbonyl (C=O) groups is 2. The Morgan fingerprint density at radius 1 is 1.33 bits per heavy atom. The van der Waals surface area contributed by atoms with E-state index in [0.717, 1.165) is 45.1 Å². The minimum absolute atomic E-state index is 0.0458. The summed E-state index contributed by atoms with van der Waals surface area (Å²) in [5.41, 5.74) is 5.03. The number of likely N-dealkylation sites (N-methyl/N-ethyl adjacent to an activating group) is 1. The zero-order valence-corrected chi connectivity index (χ0v) is 21.7. The van der Waals surface area contributed by atoms with E-state index in [4.69, 9.17) is 16.3 Å². The van der Waals surface area contributed by atoms with E-state index >= 15 is 4.39 Å². The molecule has 2 atom stereocenters. The van der Waals surface area contributed by atoms with Crippen LogP contribution in [0.25, 0.3) is 0 Å². The molecule has 3 rings (SSSR count). The molecule has 0 radical (unpaired) electrons. The number of hydrogen-bond donors (Lipinski definition) is 3. The number of anilines is 2. The lowest BCUT2D eigenvalue weighted by atomic mass is 9.92. The van der Waals surface area contributed by atoms with Gasteiger partial charge in [-0.15, -0.1) is 0 Å². The molecule has 1 aromatic rings. The molecule has 0 aromatic carbocycles. The zero-order chi connectivity index (χ0) is 26.1. The molecule has 2 fully saturated rings. The lowest BCUT2D eigenvalue weighted by Crippen LogP contribution is -2.42. The van der Waals surface area contributed by atoms with Gasteiger partial charge in [-0.25, -0.2) is 5.06 Å². The molecule has 1 aliphatic heterocycles. The number of hydroxylamine groups is 2. The average Bonchev–Trinajstić information content (AvgIpc) is 3.54. The van der Waals surface area contributed by atoms with Crippen LogP contribution in [0.15, 0.2) is 0 Å². The number of rotatable bonds is 14. The van der Waals surface area contributed by atoms with Crippen LogP contribution in [0.4, 0.5) is 16.0 Å². The van der Waals surface area contributed by atoms with Gasteiger partial charge in [-0.3, -0.25) is 25.6 Å². The van der Waals surface area contributed by atoms with E-state index in [9.17, 15) is 14.8 Å². The molecule has 1 aromatic heterocycles. The second kappa shape index (κ2) is 13.9. The number of amides is 2. The summed E-state index contributed by atoms with van der Waals surface area (Å²) in [6.45, 7) is 2.54. The van der Waals surface area contributed by atoms with Crippen molar-refractivity contribution in [1.29, 1.82) is 0 Å². The third kappa shape index (κ3) is 7.86. The Kier molecular flexibility index (Phi) is 10.9. The first kappa shape index (κ1) is 28.3. The van der Waals surface area contributed by atoms with E-state index in [2.05, 4.69) is 25.7 Å². The van der Waals surface area contributed by atoms with Gasteiger partial charge in [0, 0.05) is 32.8 Å². The second-order valence-corrected chi connectivity index (χ2v) is 9.99. The molecule has 2 aliphatic rings. The number of nitrogens with one attached hydrogen (secondary N) is 2. The molecule has 2 amide bonds.